The van der Waals surface area contributed by atoms with Gasteiger partial charge >= 0.3 is 5.97 Å². The Morgan fingerprint density at radius 1 is 0.468 bits per heavy atom. The van der Waals surface area contributed by atoms with Gasteiger partial charge in [-0.15, -0.1) is 0 Å². The van der Waals surface area contributed by atoms with E-state index in [0.29, 0.717) is 19.3 Å². The van der Waals surface area contributed by atoms with Crippen LogP contribution in [-0.2, 0) is 14.3 Å². The Hall–Kier alpha value is -1.92. The van der Waals surface area contributed by atoms with E-state index in [1.807, 2.05) is 0 Å². The number of amides is 1. The zero-order chi connectivity index (χ0) is 45.2. The van der Waals surface area contributed by atoms with Crippen molar-refractivity contribution in [3.63, 3.8) is 0 Å². The number of allylic oxidation sites excluding steroid dienone is 6. The van der Waals surface area contributed by atoms with Crippen molar-refractivity contribution >= 4 is 11.9 Å². The number of carbonyl (C=O) groups is 2. The van der Waals surface area contributed by atoms with Crippen LogP contribution in [0.2, 0.25) is 0 Å². The maximum absolute atomic E-state index is 13.2. The molecule has 3 unspecified atom stereocenters. The molecule has 0 heterocycles. The van der Waals surface area contributed by atoms with Crippen LogP contribution >= 0.6 is 0 Å². The van der Waals surface area contributed by atoms with Crippen LogP contribution in [-0.4, -0.2) is 46.9 Å². The molecule has 0 rings (SSSR count). The fourth-order valence-electron chi connectivity index (χ4n) is 8.31. The van der Waals surface area contributed by atoms with Gasteiger partial charge in [-0.05, 0) is 70.6 Å². The van der Waals surface area contributed by atoms with Gasteiger partial charge in [-0.25, -0.2) is 0 Å². The van der Waals surface area contributed by atoms with Crippen molar-refractivity contribution in [3.8, 4) is 0 Å². The number of aliphatic hydroxyl groups is 2. The number of esters is 1. The van der Waals surface area contributed by atoms with Crippen LogP contribution in [0.4, 0.5) is 0 Å². The monoisotopic (exact) mass is 872 g/mol. The molecule has 0 aromatic rings. The van der Waals surface area contributed by atoms with Crippen molar-refractivity contribution in [2.45, 2.75) is 302 Å². The van der Waals surface area contributed by atoms with Crippen molar-refractivity contribution in [2.24, 2.45) is 0 Å². The lowest BCUT2D eigenvalue weighted by Gasteiger charge is -2.24. The highest BCUT2D eigenvalue weighted by Gasteiger charge is 2.24. The zero-order valence-electron chi connectivity index (χ0n) is 41.5. The van der Waals surface area contributed by atoms with Crippen LogP contribution < -0.4 is 5.32 Å². The largest absolute Gasteiger partial charge is 0.462 e. The van der Waals surface area contributed by atoms with Crippen molar-refractivity contribution in [2.75, 3.05) is 6.61 Å². The molecule has 62 heavy (non-hydrogen) atoms. The van der Waals surface area contributed by atoms with Crippen molar-refractivity contribution < 1.29 is 24.5 Å². The smallest absolute Gasteiger partial charge is 0.306 e. The van der Waals surface area contributed by atoms with Crippen LogP contribution in [0.3, 0.4) is 0 Å². The van der Waals surface area contributed by atoms with E-state index < -0.39 is 18.2 Å². The molecule has 3 atom stereocenters. The molecule has 0 radical (unpaired) electrons. The summed E-state index contributed by atoms with van der Waals surface area (Å²) in [6.07, 6.45) is 59.3. The Kier molecular flexibility index (Phi) is 48.5. The number of aliphatic hydroxyl groups excluding tert-OH is 2. The molecule has 364 valence electrons. The third-order valence-electron chi connectivity index (χ3n) is 12.5. The van der Waals surface area contributed by atoms with Gasteiger partial charge in [0.1, 0.15) is 6.10 Å². The Morgan fingerprint density at radius 2 is 0.839 bits per heavy atom. The third kappa shape index (κ3) is 44.7. The Bertz CT molecular complexity index is 1020. The number of carbonyl (C=O) groups excluding carboxylic acids is 2. The molecular weight excluding hydrogens is 767 g/mol. The summed E-state index contributed by atoms with van der Waals surface area (Å²) >= 11 is 0. The van der Waals surface area contributed by atoms with Crippen LogP contribution in [0.25, 0.3) is 0 Å². The van der Waals surface area contributed by atoms with E-state index >= 15 is 0 Å². The van der Waals surface area contributed by atoms with Gasteiger partial charge in [0.2, 0.25) is 5.91 Å². The van der Waals surface area contributed by atoms with Gasteiger partial charge in [0.05, 0.1) is 25.2 Å². The normalized spacial score (nSPS) is 13.4. The predicted molar refractivity (Wildman–Crippen MR) is 269 cm³/mol. The highest BCUT2D eigenvalue weighted by atomic mass is 16.5. The molecular formula is C56H105NO5. The summed E-state index contributed by atoms with van der Waals surface area (Å²) in [5.74, 6) is -0.521. The van der Waals surface area contributed by atoms with E-state index in [9.17, 15) is 19.8 Å². The van der Waals surface area contributed by atoms with Crippen LogP contribution in [0, 0.1) is 0 Å². The molecule has 6 heteroatoms. The number of rotatable bonds is 49. The fourth-order valence-corrected chi connectivity index (χ4v) is 8.31. The number of nitrogens with one attached hydrogen (secondary N) is 1. The molecule has 1 amide bonds. The third-order valence-corrected chi connectivity index (χ3v) is 12.5. The Labute approximate surface area is 385 Å². The lowest BCUT2D eigenvalue weighted by atomic mass is 10.0. The lowest BCUT2D eigenvalue weighted by molar-refractivity contribution is -0.151. The van der Waals surface area contributed by atoms with Gasteiger partial charge in [-0.3, -0.25) is 9.59 Å². The van der Waals surface area contributed by atoms with Crippen LogP contribution in [0.15, 0.2) is 36.5 Å². The Morgan fingerprint density at radius 3 is 1.27 bits per heavy atom. The minimum atomic E-state index is -0.798. The first-order valence-corrected chi connectivity index (χ1v) is 27.2. The maximum atomic E-state index is 13.2. The molecule has 0 aliphatic rings. The molecule has 0 aliphatic carbocycles. The first-order chi connectivity index (χ1) is 30.5. The summed E-state index contributed by atoms with van der Waals surface area (Å²) in [5.41, 5.74) is 0. The highest BCUT2D eigenvalue weighted by Crippen LogP contribution is 2.17. The minimum Gasteiger partial charge on any atom is -0.462 e. The summed E-state index contributed by atoms with van der Waals surface area (Å²) in [4.78, 5) is 26.2. The van der Waals surface area contributed by atoms with Gasteiger partial charge in [-0.2, -0.15) is 0 Å². The van der Waals surface area contributed by atoms with Crippen LogP contribution in [0.1, 0.15) is 284 Å². The summed E-state index contributed by atoms with van der Waals surface area (Å²) in [7, 11) is 0. The minimum absolute atomic E-state index is 0.0438. The molecule has 0 saturated carbocycles. The SMILES string of the molecule is CCCCCCCCC/C=C/C=C/CCCC(CC(=O)NC(CO)C(O)CCCCCCCCCCCCC)OC(=O)CCCCCCC/C=C/CCCCCCCCCCC. The van der Waals surface area contributed by atoms with Gasteiger partial charge in [0, 0.05) is 6.42 Å². The summed E-state index contributed by atoms with van der Waals surface area (Å²) in [5, 5.41) is 23.7. The maximum Gasteiger partial charge on any atom is 0.306 e. The summed E-state index contributed by atoms with van der Waals surface area (Å²) in [6, 6.07) is -0.715. The molecule has 0 spiro atoms. The number of unbranched alkanes of at least 4 members (excludes halogenated alkanes) is 32. The fraction of sp³-hybridized carbons (Fsp3) is 0.857. The van der Waals surface area contributed by atoms with Gasteiger partial charge in [0.15, 0.2) is 0 Å². The van der Waals surface area contributed by atoms with E-state index in [1.165, 1.54) is 173 Å². The first-order valence-electron chi connectivity index (χ1n) is 27.2. The van der Waals surface area contributed by atoms with E-state index in [4.69, 9.17) is 4.74 Å². The van der Waals surface area contributed by atoms with Crippen molar-refractivity contribution in [1.29, 1.82) is 0 Å². The highest BCUT2D eigenvalue weighted by molar-refractivity contribution is 5.77. The molecule has 0 aromatic carbocycles. The van der Waals surface area contributed by atoms with Crippen molar-refractivity contribution in [1.82, 2.24) is 5.32 Å². The van der Waals surface area contributed by atoms with E-state index in [0.717, 1.165) is 64.2 Å². The molecule has 0 fully saturated rings. The molecule has 0 aromatic heterocycles. The molecule has 6 nitrogen and oxygen atoms in total. The Balaban J connectivity index is 4.60. The molecule has 0 bridgehead atoms. The predicted octanol–water partition coefficient (Wildman–Crippen LogP) is 16.5. The average molecular weight is 872 g/mol. The first kappa shape index (κ1) is 60.1. The average Bonchev–Trinajstić information content (AvgIpc) is 3.26. The zero-order valence-corrected chi connectivity index (χ0v) is 41.5. The topological polar surface area (TPSA) is 95.9 Å². The van der Waals surface area contributed by atoms with E-state index in [-0.39, 0.29) is 24.9 Å². The second-order valence-electron chi connectivity index (χ2n) is 18.7. The van der Waals surface area contributed by atoms with Gasteiger partial charge < -0.3 is 20.3 Å². The quantitative estimate of drug-likeness (QED) is 0.0245. The number of hydrogen-bond acceptors (Lipinski definition) is 5. The van der Waals surface area contributed by atoms with Gasteiger partial charge in [-0.1, -0.05) is 237 Å². The van der Waals surface area contributed by atoms with E-state index in [2.05, 4.69) is 62.5 Å². The standard InChI is InChI=1S/C56H105NO5/c1-4-7-10-13-16-19-22-24-26-27-28-29-31-34-37-40-43-46-49-56(61)62-52(47-44-41-38-35-33-30-25-23-20-17-14-11-8-5-2)50-55(60)57-53(51-58)54(59)48-45-42-39-36-32-21-18-15-12-9-6-3/h28-30,33,35,38,52-54,58-59H,4-27,31-32,34,36-37,39-51H2,1-3H3,(H,57,60)/b29-28+,33-30+,38-35+. The summed E-state index contributed by atoms with van der Waals surface area (Å²) in [6.45, 7) is 6.47. The second kappa shape index (κ2) is 50.1. The van der Waals surface area contributed by atoms with Gasteiger partial charge in [0.25, 0.3) is 0 Å². The number of ether oxygens (including phenoxy) is 1. The van der Waals surface area contributed by atoms with Crippen molar-refractivity contribution in [3.05, 3.63) is 36.5 Å². The number of hydrogen-bond donors (Lipinski definition) is 3. The molecule has 0 aliphatic heterocycles. The second-order valence-corrected chi connectivity index (χ2v) is 18.7. The lowest BCUT2D eigenvalue weighted by Crippen LogP contribution is -2.46. The summed E-state index contributed by atoms with van der Waals surface area (Å²) < 4.78 is 5.92. The van der Waals surface area contributed by atoms with Crippen LogP contribution in [0.5, 0.6) is 0 Å². The molecule has 0 saturated heterocycles. The van der Waals surface area contributed by atoms with E-state index in [1.54, 1.807) is 0 Å². The molecule has 3 N–H and O–H groups in total.